The van der Waals surface area contributed by atoms with Crippen LogP contribution in [-0.2, 0) is 13.0 Å². The van der Waals surface area contributed by atoms with Gasteiger partial charge in [0.15, 0.2) is 0 Å². The number of aliphatic hydroxyl groups is 2. The van der Waals surface area contributed by atoms with Gasteiger partial charge in [-0.1, -0.05) is 12.1 Å². The lowest BCUT2D eigenvalue weighted by Gasteiger charge is -2.11. The van der Waals surface area contributed by atoms with Crippen molar-refractivity contribution in [1.29, 1.82) is 0 Å². The minimum atomic E-state index is -0.765. The fraction of sp³-hybridized carbons (Fsp3) is 0.308. The monoisotopic (exact) mass is 247 g/mol. The molecule has 0 saturated carbocycles. The van der Waals surface area contributed by atoms with Crippen molar-refractivity contribution in [2.24, 2.45) is 0 Å². The highest BCUT2D eigenvalue weighted by Crippen LogP contribution is 2.12. The Kier molecular flexibility index (Phi) is 3.96. The number of nitrogens with two attached hydrogens (primary N) is 1. The van der Waals surface area contributed by atoms with Crippen LogP contribution >= 0.6 is 0 Å². The van der Waals surface area contributed by atoms with Gasteiger partial charge in [0.1, 0.15) is 5.82 Å². The number of imidazole rings is 1. The average Bonchev–Trinajstić information content (AvgIpc) is 2.76. The first-order valence-electron chi connectivity index (χ1n) is 5.82. The van der Waals surface area contributed by atoms with Gasteiger partial charge in [-0.25, -0.2) is 4.98 Å². The van der Waals surface area contributed by atoms with Crippen molar-refractivity contribution >= 4 is 5.69 Å². The molecule has 4 N–H and O–H groups in total. The van der Waals surface area contributed by atoms with E-state index in [4.69, 9.17) is 10.8 Å². The zero-order chi connectivity index (χ0) is 13.0. The van der Waals surface area contributed by atoms with Crippen molar-refractivity contribution in [3.05, 3.63) is 48.0 Å². The molecular formula is C13H17N3O2. The predicted octanol–water partition coefficient (Wildman–Crippen LogP) is 0.409. The Labute approximate surface area is 106 Å². The molecule has 1 aromatic heterocycles. The second-order valence-electron chi connectivity index (χ2n) is 4.25. The summed E-state index contributed by atoms with van der Waals surface area (Å²) in [7, 11) is 0. The molecule has 0 fully saturated rings. The lowest BCUT2D eigenvalue weighted by atomic mass is 10.1. The van der Waals surface area contributed by atoms with Crippen LogP contribution in [0.25, 0.3) is 0 Å². The molecule has 2 aromatic rings. The number of anilines is 1. The van der Waals surface area contributed by atoms with Crippen LogP contribution < -0.4 is 5.73 Å². The number of hydrogen-bond donors (Lipinski definition) is 3. The van der Waals surface area contributed by atoms with Crippen LogP contribution in [0.15, 0.2) is 36.7 Å². The minimum Gasteiger partial charge on any atom is -0.399 e. The molecule has 18 heavy (non-hydrogen) atoms. The van der Waals surface area contributed by atoms with Gasteiger partial charge in [-0.15, -0.1) is 0 Å². The second-order valence-corrected chi connectivity index (χ2v) is 4.25. The van der Waals surface area contributed by atoms with E-state index in [0.29, 0.717) is 13.0 Å². The summed E-state index contributed by atoms with van der Waals surface area (Å²) >= 11 is 0. The van der Waals surface area contributed by atoms with Crippen LogP contribution in [0.2, 0.25) is 0 Å². The van der Waals surface area contributed by atoms with Crippen molar-refractivity contribution in [2.75, 3.05) is 12.3 Å². The first-order valence-corrected chi connectivity index (χ1v) is 5.82. The first-order chi connectivity index (χ1) is 8.69. The maximum Gasteiger partial charge on any atom is 0.113 e. The lowest BCUT2D eigenvalue weighted by molar-refractivity contribution is 0.0806. The van der Waals surface area contributed by atoms with Crippen LogP contribution in [0.3, 0.4) is 0 Å². The van der Waals surface area contributed by atoms with Gasteiger partial charge >= 0.3 is 0 Å². The van der Waals surface area contributed by atoms with E-state index in [1.54, 1.807) is 12.4 Å². The Hall–Kier alpha value is -1.85. The molecule has 0 aliphatic heterocycles. The summed E-state index contributed by atoms with van der Waals surface area (Å²) in [5.41, 5.74) is 7.52. The van der Waals surface area contributed by atoms with Crippen molar-refractivity contribution in [2.45, 2.75) is 19.1 Å². The second kappa shape index (κ2) is 5.66. The van der Waals surface area contributed by atoms with Gasteiger partial charge < -0.3 is 20.5 Å². The number of aromatic nitrogens is 2. The number of benzene rings is 1. The summed E-state index contributed by atoms with van der Waals surface area (Å²) in [6.45, 7) is 0.0874. The van der Waals surface area contributed by atoms with E-state index in [0.717, 1.165) is 17.1 Å². The molecule has 0 saturated heterocycles. The standard InChI is InChI=1S/C13H17N3O2/c14-11-3-1-2-10(6-11)7-13-15-4-5-16(13)8-12(18)9-17/h1-6,12,17-18H,7-9,14H2. The van der Waals surface area contributed by atoms with Crippen LogP contribution in [0.5, 0.6) is 0 Å². The molecule has 0 bridgehead atoms. The third-order valence-corrected chi connectivity index (χ3v) is 2.73. The molecule has 96 valence electrons. The summed E-state index contributed by atoms with van der Waals surface area (Å²) in [5.74, 6) is 0.841. The van der Waals surface area contributed by atoms with Crippen molar-refractivity contribution in [3.8, 4) is 0 Å². The summed E-state index contributed by atoms with van der Waals surface area (Å²) < 4.78 is 1.84. The molecule has 1 aromatic carbocycles. The molecule has 1 atom stereocenters. The Morgan fingerprint density at radius 3 is 2.94 bits per heavy atom. The highest BCUT2D eigenvalue weighted by Gasteiger charge is 2.08. The normalized spacial score (nSPS) is 12.6. The van der Waals surface area contributed by atoms with Crippen molar-refractivity contribution in [3.63, 3.8) is 0 Å². The van der Waals surface area contributed by atoms with E-state index < -0.39 is 6.10 Å². The summed E-state index contributed by atoms with van der Waals surface area (Å²) in [6, 6.07) is 7.63. The Bertz CT molecular complexity index is 510. The third-order valence-electron chi connectivity index (χ3n) is 2.73. The smallest absolute Gasteiger partial charge is 0.113 e. The van der Waals surface area contributed by atoms with Crippen LogP contribution in [0, 0.1) is 0 Å². The first kappa shape index (κ1) is 12.6. The van der Waals surface area contributed by atoms with E-state index in [2.05, 4.69) is 4.98 Å². The molecular weight excluding hydrogens is 230 g/mol. The molecule has 5 heteroatoms. The van der Waals surface area contributed by atoms with Crippen LogP contribution in [0.4, 0.5) is 5.69 Å². The van der Waals surface area contributed by atoms with E-state index in [1.165, 1.54) is 0 Å². The molecule has 0 aliphatic rings. The maximum absolute atomic E-state index is 9.45. The molecule has 0 aliphatic carbocycles. The third kappa shape index (κ3) is 3.09. The quantitative estimate of drug-likeness (QED) is 0.668. The van der Waals surface area contributed by atoms with E-state index in [9.17, 15) is 5.11 Å². The summed E-state index contributed by atoms with van der Waals surface area (Å²) in [4.78, 5) is 4.26. The minimum absolute atomic E-state index is 0.254. The Morgan fingerprint density at radius 2 is 2.22 bits per heavy atom. The highest BCUT2D eigenvalue weighted by molar-refractivity contribution is 5.41. The van der Waals surface area contributed by atoms with Gasteiger partial charge in [-0.2, -0.15) is 0 Å². The summed E-state index contributed by atoms with van der Waals surface area (Å²) in [5, 5.41) is 18.3. The maximum atomic E-state index is 9.45. The number of nitrogen functional groups attached to an aromatic ring is 1. The van der Waals surface area contributed by atoms with E-state index in [1.807, 2.05) is 28.8 Å². The number of nitrogens with zero attached hydrogens (tertiary/aromatic N) is 2. The van der Waals surface area contributed by atoms with Gasteiger partial charge in [0.25, 0.3) is 0 Å². The number of rotatable bonds is 5. The molecule has 0 spiro atoms. The fourth-order valence-electron chi connectivity index (χ4n) is 1.84. The van der Waals surface area contributed by atoms with Gasteiger partial charge in [-0.05, 0) is 17.7 Å². The van der Waals surface area contributed by atoms with Crippen molar-refractivity contribution < 1.29 is 10.2 Å². The largest absolute Gasteiger partial charge is 0.399 e. The molecule has 2 rings (SSSR count). The van der Waals surface area contributed by atoms with Gasteiger partial charge in [0.2, 0.25) is 0 Å². The molecule has 0 radical (unpaired) electrons. The molecule has 1 unspecified atom stereocenters. The van der Waals surface area contributed by atoms with Gasteiger partial charge in [-0.3, -0.25) is 0 Å². The number of hydrogen-bond acceptors (Lipinski definition) is 4. The Morgan fingerprint density at radius 1 is 1.39 bits per heavy atom. The van der Waals surface area contributed by atoms with Gasteiger partial charge in [0, 0.05) is 24.5 Å². The predicted molar refractivity (Wildman–Crippen MR) is 69.0 cm³/mol. The highest BCUT2D eigenvalue weighted by atomic mass is 16.3. The average molecular weight is 247 g/mol. The van der Waals surface area contributed by atoms with Crippen LogP contribution in [0.1, 0.15) is 11.4 Å². The SMILES string of the molecule is Nc1cccc(Cc2nccn2CC(O)CO)c1. The van der Waals surface area contributed by atoms with Crippen molar-refractivity contribution in [1.82, 2.24) is 9.55 Å². The zero-order valence-corrected chi connectivity index (χ0v) is 10.0. The molecule has 0 amide bonds. The fourth-order valence-corrected chi connectivity index (χ4v) is 1.84. The van der Waals surface area contributed by atoms with E-state index >= 15 is 0 Å². The number of aliphatic hydroxyl groups excluding tert-OH is 2. The van der Waals surface area contributed by atoms with Crippen LogP contribution in [-0.4, -0.2) is 32.5 Å². The van der Waals surface area contributed by atoms with E-state index in [-0.39, 0.29) is 6.61 Å². The van der Waals surface area contributed by atoms with Gasteiger partial charge in [0.05, 0.1) is 19.3 Å². The Balaban J connectivity index is 2.12. The lowest BCUT2D eigenvalue weighted by Crippen LogP contribution is -2.20. The molecule has 5 nitrogen and oxygen atoms in total. The topological polar surface area (TPSA) is 84.3 Å². The summed E-state index contributed by atoms with van der Waals surface area (Å²) in [6.07, 6.45) is 3.36. The molecule has 1 heterocycles. The zero-order valence-electron chi connectivity index (χ0n) is 10.0.